The molecule has 6 nitrogen and oxygen atoms in total. The second kappa shape index (κ2) is 9.22. The Morgan fingerprint density at radius 1 is 1.38 bits per heavy atom. The van der Waals surface area contributed by atoms with Gasteiger partial charge in [0.05, 0.1) is 26.6 Å². The summed E-state index contributed by atoms with van der Waals surface area (Å²) >= 11 is 0. The highest BCUT2D eigenvalue weighted by molar-refractivity contribution is 4.87. The summed E-state index contributed by atoms with van der Waals surface area (Å²) in [5.74, 6) is 1.32. The Balaban J connectivity index is 2.01. The first-order valence-corrected chi connectivity index (χ1v) is 9.76. The summed E-state index contributed by atoms with van der Waals surface area (Å²) in [5, 5.41) is 12.1. The van der Waals surface area contributed by atoms with Crippen molar-refractivity contribution in [2.24, 2.45) is 17.0 Å². The van der Waals surface area contributed by atoms with Crippen molar-refractivity contribution in [3.63, 3.8) is 0 Å². The highest BCUT2D eigenvalue weighted by Gasteiger charge is 2.44. The average molecular weight is 341 g/mol. The van der Waals surface area contributed by atoms with Gasteiger partial charge in [-0.15, -0.1) is 4.70 Å². The summed E-state index contributed by atoms with van der Waals surface area (Å²) in [4.78, 5) is 2.48. The summed E-state index contributed by atoms with van der Waals surface area (Å²) < 4.78 is 3.44. The molecule has 1 fully saturated rings. The van der Waals surface area contributed by atoms with E-state index in [9.17, 15) is 0 Å². The van der Waals surface area contributed by atoms with Crippen molar-refractivity contribution in [2.45, 2.75) is 25.8 Å². The van der Waals surface area contributed by atoms with Crippen LogP contribution < -0.4 is 10.6 Å². The third kappa shape index (κ3) is 5.76. The lowest BCUT2D eigenvalue weighted by atomic mass is 9.87. The number of nitrogens with zero attached hydrogens (tertiary/aromatic N) is 4. The van der Waals surface area contributed by atoms with Crippen LogP contribution >= 0.6 is 0 Å². The summed E-state index contributed by atoms with van der Waals surface area (Å²) in [6, 6.07) is 0.476. The zero-order valence-corrected chi connectivity index (χ0v) is 16.6. The molecule has 0 aliphatic carbocycles. The Morgan fingerprint density at radius 2 is 2.17 bits per heavy atom. The molecule has 24 heavy (non-hydrogen) atoms. The molecule has 0 radical (unpaired) electrons. The average Bonchev–Trinajstić information content (AvgIpc) is 2.92. The second-order valence-corrected chi connectivity index (χ2v) is 8.49. The zero-order valence-electron chi connectivity index (χ0n) is 16.6. The third-order valence-corrected chi connectivity index (χ3v) is 5.44. The minimum absolute atomic E-state index is 0.476. The minimum atomic E-state index is 0.476. The molecule has 0 spiro atoms. The molecule has 3 atom stereocenters. The van der Waals surface area contributed by atoms with Crippen molar-refractivity contribution < 1.29 is 9.18 Å². The molecule has 3 unspecified atom stereocenters. The molecular weight excluding hydrogens is 300 g/mol. The summed E-state index contributed by atoms with van der Waals surface area (Å²) in [6.07, 6.45) is 2.50. The van der Waals surface area contributed by atoms with Crippen LogP contribution in [0.5, 0.6) is 0 Å². The topological polar surface area (TPSA) is 42.7 Å². The largest absolute Gasteiger partial charge is 0.318 e. The number of hydrogen-bond acceptors (Lipinski definition) is 4. The summed E-state index contributed by atoms with van der Waals surface area (Å²) in [6.45, 7) is 11.3. The van der Waals surface area contributed by atoms with Gasteiger partial charge in [-0.25, -0.2) is 0 Å². The number of hydrogen-bond donors (Lipinski definition) is 2. The lowest BCUT2D eigenvalue weighted by molar-refractivity contribution is -0.901. The van der Waals surface area contributed by atoms with Crippen molar-refractivity contribution >= 4 is 0 Å². The molecule has 2 N–H and O–H groups in total. The SMILES string of the molecule is CCCC[N+]1=NC(C2CNC[N+](C)(C)C2)C(CN(C)CCNC)C1. The number of likely N-dealkylation sites (N-methyl/N-ethyl adjacent to an activating group) is 2. The van der Waals surface area contributed by atoms with Crippen LogP contribution in [0.4, 0.5) is 0 Å². The molecule has 1 saturated heterocycles. The predicted octanol–water partition coefficient (Wildman–Crippen LogP) is 0.654. The van der Waals surface area contributed by atoms with E-state index in [0.29, 0.717) is 17.9 Å². The smallest absolute Gasteiger partial charge is 0.174 e. The highest BCUT2D eigenvalue weighted by atomic mass is 15.4. The standard InChI is InChI=1S/C18H40N6/c1-6-7-9-23-13-17(12-22(3)10-8-19-2)18(21-23)16-11-20-15-24(4,5)14-16/h16-20H,6-15H2,1-5H3/q+2. The first-order valence-electron chi connectivity index (χ1n) is 9.76. The number of azo groups is 2. The maximum atomic E-state index is 5.17. The summed E-state index contributed by atoms with van der Waals surface area (Å²) in [5.41, 5.74) is 0. The Hall–Kier alpha value is -0.560. The second-order valence-electron chi connectivity index (χ2n) is 8.49. The maximum absolute atomic E-state index is 5.17. The first-order chi connectivity index (χ1) is 11.4. The first kappa shape index (κ1) is 19.8. The van der Waals surface area contributed by atoms with Gasteiger partial charge in [-0.05, 0) is 19.2 Å². The molecule has 0 aromatic rings. The fraction of sp³-hybridized carbons (Fsp3) is 1.00. The normalized spacial score (nSPS) is 29.9. The fourth-order valence-corrected chi connectivity index (χ4v) is 4.18. The Kier molecular flexibility index (Phi) is 7.60. The van der Waals surface area contributed by atoms with Crippen LogP contribution in [0.1, 0.15) is 19.8 Å². The van der Waals surface area contributed by atoms with Gasteiger partial charge in [-0.2, -0.15) is 0 Å². The van der Waals surface area contributed by atoms with Crippen LogP contribution in [-0.4, -0.2) is 101 Å². The van der Waals surface area contributed by atoms with Crippen LogP contribution in [0.2, 0.25) is 0 Å². The lowest BCUT2D eigenvalue weighted by Gasteiger charge is -2.40. The molecule has 0 aromatic heterocycles. The van der Waals surface area contributed by atoms with Crippen LogP contribution in [0.25, 0.3) is 0 Å². The monoisotopic (exact) mass is 340 g/mol. The van der Waals surface area contributed by atoms with Gasteiger partial charge in [0.25, 0.3) is 0 Å². The van der Waals surface area contributed by atoms with E-state index in [1.807, 2.05) is 7.05 Å². The molecule has 6 heteroatoms. The molecule has 0 aromatic carbocycles. The van der Waals surface area contributed by atoms with Gasteiger partial charge in [-0.3, -0.25) is 5.32 Å². The van der Waals surface area contributed by atoms with Crippen molar-refractivity contribution in [1.82, 2.24) is 15.5 Å². The van der Waals surface area contributed by atoms with E-state index in [0.717, 1.165) is 50.4 Å². The number of unbranched alkanes of at least 4 members (excludes halogenated alkanes) is 1. The molecule has 140 valence electrons. The molecule has 2 heterocycles. The molecule has 0 amide bonds. The molecule has 0 bridgehead atoms. The highest BCUT2D eigenvalue weighted by Crippen LogP contribution is 2.27. The molecule has 2 rings (SSSR count). The Morgan fingerprint density at radius 3 is 2.83 bits per heavy atom. The van der Waals surface area contributed by atoms with Crippen LogP contribution in [-0.2, 0) is 0 Å². The van der Waals surface area contributed by atoms with Gasteiger partial charge in [0, 0.05) is 38.5 Å². The predicted molar refractivity (Wildman–Crippen MR) is 99.4 cm³/mol. The molecule has 0 saturated carbocycles. The number of rotatable bonds is 9. The quantitative estimate of drug-likeness (QED) is 0.478. The number of quaternary nitrogens is 1. The molecular formula is C18H40N6+2. The van der Waals surface area contributed by atoms with Crippen LogP contribution in [0.15, 0.2) is 5.11 Å². The van der Waals surface area contributed by atoms with Crippen molar-refractivity contribution in [1.29, 1.82) is 0 Å². The van der Waals surface area contributed by atoms with E-state index in [-0.39, 0.29) is 0 Å². The van der Waals surface area contributed by atoms with Crippen molar-refractivity contribution in [3.8, 4) is 0 Å². The minimum Gasteiger partial charge on any atom is -0.318 e. The van der Waals surface area contributed by atoms with E-state index in [4.69, 9.17) is 5.11 Å². The Labute approximate surface area is 148 Å². The van der Waals surface area contributed by atoms with E-state index in [1.165, 1.54) is 19.4 Å². The van der Waals surface area contributed by atoms with Gasteiger partial charge in [0.15, 0.2) is 13.1 Å². The zero-order chi connectivity index (χ0) is 17.6. The van der Waals surface area contributed by atoms with E-state index >= 15 is 0 Å². The third-order valence-electron chi connectivity index (χ3n) is 5.44. The van der Waals surface area contributed by atoms with E-state index in [1.54, 1.807) is 0 Å². The number of nitrogens with one attached hydrogen (secondary N) is 2. The van der Waals surface area contributed by atoms with E-state index < -0.39 is 0 Å². The van der Waals surface area contributed by atoms with Gasteiger partial charge in [0.2, 0.25) is 0 Å². The molecule has 2 aliphatic heterocycles. The van der Waals surface area contributed by atoms with Crippen LogP contribution in [0, 0.1) is 11.8 Å². The van der Waals surface area contributed by atoms with Gasteiger partial charge < -0.3 is 14.7 Å². The fourth-order valence-electron chi connectivity index (χ4n) is 4.18. The van der Waals surface area contributed by atoms with Crippen molar-refractivity contribution in [2.75, 3.05) is 80.7 Å². The van der Waals surface area contributed by atoms with Crippen molar-refractivity contribution in [3.05, 3.63) is 0 Å². The van der Waals surface area contributed by atoms with Crippen LogP contribution in [0.3, 0.4) is 0 Å². The van der Waals surface area contributed by atoms with E-state index in [2.05, 4.69) is 48.3 Å². The molecule has 2 aliphatic rings. The maximum Gasteiger partial charge on any atom is 0.174 e. The van der Waals surface area contributed by atoms with Gasteiger partial charge in [-0.1, -0.05) is 13.3 Å². The van der Waals surface area contributed by atoms with Gasteiger partial charge in [0.1, 0.15) is 12.7 Å². The summed E-state index contributed by atoms with van der Waals surface area (Å²) in [7, 11) is 8.94. The lowest BCUT2D eigenvalue weighted by Crippen LogP contribution is -2.59. The Bertz CT molecular complexity index is 408. The van der Waals surface area contributed by atoms with Gasteiger partial charge >= 0.3 is 0 Å².